The van der Waals surface area contributed by atoms with Crippen molar-refractivity contribution in [3.63, 3.8) is 0 Å². The quantitative estimate of drug-likeness (QED) is 0.580. The third-order valence-electron chi connectivity index (χ3n) is 6.96. The minimum absolute atomic E-state index is 0.0963. The molecular formula is C25H34N2O4. The van der Waals surface area contributed by atoms with Crippen LogP contribution in [0.3, 0.4) is 0 Å². The van der Waals surface area contributed by atoms with E-state index in [1.807, 2.05) is 36.4 Å². The molecule has 2 aromatic rings. The number of esters is 1. The van der Waals surface area contributed by atoms with Crippen molar-refractivity contribution in [2.75, 3.05) is 26.2 Å². The van der Waals surface area contributed by atoms with E-state index in [1.165, 1.54) is 12.8 Å². The number of carbonyl (C=O) groups is 1. The molecule has 1 aromatic carbocycles. The Morgan fingerprint density at radius 3 is 2.58 bits per heavy atom. The Morgan fingerprint density at radius 1 is 1.16 bits per heavy atom. The van der Waals surface area contributed by atoms with Gasteiger partial charge < -0.3 is 19.3 Å². The summed E-state index contributed by atoms with van der Waals surface area (Å²) in [5.74, 6) is -0.476. The second-order valence-corrected chi connectivity index (χ2v) is 9.11. The molecule has 6 nitrogen and oxygen atoms in total. The summed E-state index contributed by atoms with van der Waals surface area (Å²) in [7, 11) is 0. The van der Waals surface area contributed by atoms with Crippen LogP contribution < -0.4 is 0 Å². The van der Waals surface area contributed by atoms with Crippen LogP contribution in [0.4, 0.5) is 0 Å². The van der Waals surface area contributed by atoms with Crippen LogP contribution in [0.15, 0.2) is 47.2 Å². The summed E-state index contributed by atoms with van der Waals surface area (Å²) >= 11 is 0. The van der Waals surface area contributed by atoms with Crippen LogP contribution >= 0.6 is 0 Å². The van der Waals surface area contributed by atoms with E-state index >= 15 is 0 Å². The molecule has 1 N–H and O–H groups in total. The number of hydrogen-bond acceptors (Lipinski definition) is 6. The summed E-state index contributed by atoms with van der Waals surface area (Å²) in [5.41, 5.74) is -0.0703. The van der Waals surface area contributed by atoms with Crippen molar-refractivity contribution >= 4 is 5.97 Å². The highest BCUT2D eigenvalue weighted by Crippen LogP contribution is 2.41. The first-order valence-electron chi connectivity index (χ1n) is 11.7. The summed E-state index contributed by atoms with van der Waals surface area (Å²) < 4.78 is 10.8. The van der Waals surface area contributed by atoms with Crippen LogP contribution in [0.1, 0.15) is 56.2 Å². The largest absolute Gasteiger partial charge is 0.463 e. The number of aromatic nitrogens is 1. The highest BCUT2D eigenvalue weighted by Gasteiger charge is 2.47. The standard InChI is InChI=1S/C25H34N2O4/c28-24(25(29,22-10-4-5-11-22)21-8-2-1-3-9-21)30-19-20(18-23-13-17-31-26-23)12-16-27-14-6-7-15-27/h1-3,8-9,13,17,20,22,29H,4-7,10-12,14-16,18-19H2/t20-,25?/m1/s1. The molecule has 2 heterocycles. The van der Waals surface area contributed by atoms with Gasteiger partial charge in [-0.3, -0.25) is 0 Å². The number of nitrogens with zero attached hydrogens (tertiary/aromatic N) is 2. The SMILES string of the molecule is O=C(OC[C@H](CCN1CCCC1)Cc1ccon1)C(O)(c1ccccc1)C1CCCC1. The van der Waals surface area contributed by atoms with Gasteiger partial charge in [-0.05, 0) is 69.6 Å². The van der Waals surface area contributed by atoms with Gasteiger partial charge in [0.25, 0.3) is 0 Å². The summed E-state index contributed by atoms with van der Waals surface area (Å²) in [6, 6.07) is 11.2. The third kappa shape index (κ3) is 5.36. The third-order valence-corrected chi connectivity index (χ3v) is 6.96. The van der Waals surface area contributed by atoms with Crippen molar-refractivity contribution in [3.8, 4) is 0 Å². The minimum atomic E-state index is -1.58. The van der Waals surface area contributed by atoms with Gasteiger partial charge in [-0.25, -0.2) is 4.79 Å². The fourth-order valence-corrected chi connectivity index (χ4v) is 5.11. The molecule has 1 saturated carbocycles. The van der Waals surface area contributed by atoms with Gasteiger partial charge in [-0.2, -0.15) is 0 Å². The average Bonchev–Trinajstić information content (AvgIpc) is 3.58. The average molecular weight is 427 g/mol. The lowest BCUT2D eigenvalue weighted by molar-refractivity contribution is -0.175. The number of hydrogen-bond donors (Lipinski definition) is 1. The van der Waals surface area contributed by atoms with Gasteiger partial charge in [-0.1, -0.05) is 48.3 Å². The summed E-state index contributed by atoms with van der Waals surface area (Å²) in [6.45, 7) is 3.56. The van der Waals surface area contributed by atoms with Crippen molar-refractivity contribution in [3.05, 3.63) is 53.9 Å². The van der Waals surface area contributed by atoms with Crippen molar-refractivity contribution in [2.24, 2.45) is 11.8 Å². The molecule has 0 spiro atoms. The van der Waals surface area contributed by atoms with Crippen molar-refractivity contribution in [2.45, 2.75) is 57.0 Å². The second-order valence-electron chi connectivity index (χ2n) is 9.11. The normalized spacial score (nSPS) is 20.5. The Bertz CT molecular complexity index is 798. The molecule has 1 saturated heterocycles. The molecule has 0 bridgehead atoms. The molecule has 1 aliphatic heterocycles. The fourth-order valence-electron chi connectivity index (χ4n) is 5.11. The fraction of sp³-hybridized carbons (Fsp3) is 0.600. The first-order valence-corrected chi connectivity index (χ1v) is 11.7. The molecule has 0 amide bonds. The van der Waals surface area contributed by atoms with Crippen molar-refractivity contribution < 1.29 is 19.2 Å². The Morgan fingerprint density at radius 2 is 1.90 bits per heavy atom. The Hall–Kier alpha value is -2.18. The van der Waals surface area contributed by atoms with Crippen LogP contribution in [0.25, 0.3) is 0 Å². The first kappa shape index (κ1) is 22.0. The van der Waals surface area contributed by atoms with Gasteiger partial charge in [0.15, 0.2) is 5.60 Å². The maximum atomic E-state index is 13.3. The minimum Gasteiger partial charge on any atom is -0.463 e. The molecule has 1 aromatic heterocycles. The highest BCUT2D eigenvalue weighted by molar-refractivity contribution is 5.81. The summed E-state index contributed by atoms with van der Waals surface area (Å²) in [5, 5.41) is 15.7. The van der Waals surface area contributed by atoms with Crippen LogP contribution in [-0.4, -0.2) is 47.4 Å². The molecule has 2 atom stereocenters. The van der Waals surface area contributed by atoms with Crippen molar-refractivity contribution in [1.29, 1.82) is 0 Å². The first-order chi connectivity index (χ1) is 15.2. The number of carbonyl (C=O) groups excluding carboxylic acids is 1. The van der Waals surface area contributed by atoms with E-state index in [9.17, 15) is 9.90 Å². The molecule has 1 unspecified atom stereocenters. The summed E-state index contributed by atoms with van der Waals surface area (Å²) in [4.78, 5) is 15.8. The molecule has 31 heavy (non-hydrogen) atoms. The van der Waals surface area contributed by atoms with Crippen LogP contribution in [0.5, 0.6) is 0 Å². The van der Waals surface area contributed by atoms with Gasteiger partial charge in [-0.15, -0.1) is 0 Å². The Labute approximate surface area is 184 Å². The van der Waals surface area contributed by atoms with Gasteiger partial charge in [0.05, 0.1) is 12.3 Å². The number of likely N-dealkylation sites (tertiary alicyclic amines) is 1. The zero-order valence-corrected chi connectivity index (χ0v) is 18.2. The topological polar surface area (TPSA) is 75.8 Å². The molecule has 168 valence electrons. The van der Waals surface area contributed by atoms with Crippen LogP contribution in [0.2, 0.25) is 0 Å². The molecule has 2 fully saturated rings. The van der Waals surface area contributed by atoms with Crippen LogP contribution in [-0.2, 0) is 21.6 Å². The van der Waals surface area contributed by atoms with Crippen LogP contribution in [0, 0.1) is 11.8 Å². The molecule has 6 heteroatoms. The molecule has 4 rings (SSSR count). The molecule has 2 aliphatic rings. The Kier molecular flexibility index (Phi) is 7.41. The maximum absolute atomic E-state index is 13.3. The van der Waals surface area contributed by atoms with Gasteiger partial charge in [0.1, 0.15) is 6.26 Å². The zero-order valence-electron chi connectivity index (χ0n) is 18.2. The van der Waals surface area contributed by atoms with Gasteiger partial charge in [0, 0.05) is 12.0 Å². The lowest BCUT2D eigenvalue weighted by atomic mass is 9.80. The monoisotopic (exact) mass is 426 g/mol. The van der Waals surface area contributed by atoms with E-state index in [0.717, 1.165) is 57.4 Å². The predicted octanol–water partition coefficient (Wildman–Crippen LogP) is 3.94. The molecule has 0 radical (unpaired) electrons. The van der Waals surface area contributed by atoms with Crippen molar-refractivity contribution in [1.82, 2.24) is 10.1 Å². The number of aliphatic hydroxyl groups is 1. The Balaban J connectivity index is 1.43. The lowest BCUT2D eigenvalue weighted by Gasteiger charge is -2.33. The number of ether oxygens (including phenoxy) is 1. The van der Waals surface area contributed by atoms with E-state index < -0.39 is 11.6 Å². The molecular weight excluding hydrogens is 392 g/mol. The highest BCUT2D eigenvalue weighted by atomic mass is 16.5. The maximum Gasteiger partial charge on any atom is 0.343 e. The lowest BCUT2D eigenvalue weighted by Crippen LogP contribution is -2.44. The van der Waals surface area contributed by atoms with E-state index in [0.29, 0.717) is 12.0 Å². The van der Waals surface area contributed by atoms with Gasteiger partial charge >= 0.3 is 5.97 Å². The molecule has 1 aliphatic carbocycles. The van der Waals surface area contributed by atoms with E-state index in [4.69, 9.17) is 9.26 Å². The van der Waals surface area contributed by atoms with E-state index in [-0.39, 0.29) is 18.4 Å². The summed E-state index contributed by atoms with van der Waals surface area (Å²) in [6.07, 6.45) is 9.49. The zero-order chi connectivity index (χ0) is 21.5. The smallest absolute Gasteiger partial charge is 0.343 e. The second kappa shape index (κ2) is 10.4. The number of rotatable bonds is 10. The van der Waals surface area contributed by atoms with E-state index in [1.54, 1.807) is 6.26 Å². The predicted molar refractivity (Wildman–Crippen MR) is 117 cm³/mol. The number of benzene rings is 1. The van der Waals surface area contributed by atoms with E-state index in [2.05, 4.69) is 10.1 Å². The van der Waals surface area contributed by atoms with Gasteiger partial charge in [0.2, 0.25) is 0 Å².